The number of nitrogens with one attached hydrogen (secondary N) is 3. The SMILES string of the molecule is N=C(c1ccc(CCc2ccccc2C(=O)Nc2ccc(Cl)cn2)cc1)N1CCNCC1. The van der Waals surface area contributed by atoms with Crippen molar-refractivity contribution in [2.24, 2.45) is 0 Å². The summed E-state index contributed by atoms with van der Waals surface area (Å²) in [4.78, 5) is 19.0. The van der Waals surface area contributed by atoms with E-state index in [1.54, 1.807) is 12.1 Å². The van der Waals surface area contributed by atoms with Crippen LogP contribution in [0.3, 0.4) is 0 Å². The third-order valence-electron chi connectivity index (χ3n) is 5.57. The smallest absolute Gasteiger partial charge is 0.257 e. The van der Waals surface area contributed by atoms with Crippen LogP contribution in [0, 0.1) is 5.41 Å². The molecule has 0 atom stereocenters. The molecule has 1 fully saturated rings. The zero-order valence-electron chi connectivity index (χ0n) is 17.8. The number of hydrogen-bond acceptors (Lipinski definition) is 4. The molecular formula is C25H26ClN5O. The normalized spacial score (nSPS) is 13.6. The third-order valence-corrected chi connectivity index (χ3v) is 5.80. The van der Waals surface area contributed by atoms with Crippen molar-refractivity contribution in [3.05, 3.63) is 94.1 Å². The number of aryl methyl sites for hydroxylation is 2. The Morgan fingerprint density at radius 3 is 2.50 bits per heavy atom. The van der Waals surface area contributed by atoms with Gasteiger partial charge in [-0.25, -0.2) is 4.98 Å². The summed E-state index contributed by atoms with van der Waals surface area (Å²) in [5.74, 6) is 0.864. The predicted octanol–water partition coefficient (Wildman–Crippen LogP) is 4.00. The highest BCUT2D eigenvalue weighted by Gasteiger charge is 2.15. The van der Waals surface area contributed by atoms with Crippen molar-refractivity contribution in [2.75, 3.05) is 31.5 Å². The van der Waals surface area contributed by atoms with E-state index in [0.717, 1.165) is 50.1 Å². The monoisotopic (exact) mass is 447 g/mol. The molecule has 4 rings (SSSR count). The maximum absolute atomic E-state index is 12.8. The van der Waals surface area contributed by atoms with E-state index in [2.05, 4.69) is 32.7 Å². The van der Waals surface area contributed by atoms with Crippen LogP contribution >= 0.6 is 11.6 Å². The molecule has 3 aromatic rings. The van der Waals surface area contributed by atoms with Crippen LogP contribution in [0.2, 0.25) is 5.02 Å². The predicted molar refractivity (Wildman–Crippen MR) is 129 cm³/mol. The number of amides is 1. The number of carbonyl (C=O) groups is 1. The summed E-state index contributed by atoms with van der Waals surface area (Å²) in [5.41, 5.74) is 3.74. The topological polar surface area (TPSA) is 81.1 Å². The number of hydrogen-bond donors (Lipinski definition) is 3. The molecule has 1 aliphatic rings. The van der Waals surface area contributed by atoms with E-state index in [4.69, 9.17) is 17.0 Å². The van der Waals surface area contributed by atoms with Crippen molar-refractivity contribution >= 4 is 29.2 Å². The Morgan fingerprint density at radius 2 is 1.78 bits per heavy atom. The first-order valence-corrected chi connectivity index (χ1v) is 11.1. The Labute approximate surface area is 193 Å². The summed E-state index contributed by atoms with van der Waals surface area (Å²) < 4.78 is 0. The van der Waals surface area contributed by atoms with Crippen LogP contribution in [0.15, 0.2) is 66.9 Å². The van der Waals surface area contributed by atoms with Gasteiger partial charge in [-0.2, -0.15) is 0 Å². The zero-order valence-corrected chi connectivity index (χ0v) is 18.5. The molecule has 7 heteroatoms. The number of rotatable bonds is 6. The van der Waals surface area contributed by atoms with Gasteiger partial charge in [0.2, 0.25) is 0 Å². The molecule has 0 spiro atoms. The van der Waals surface area contributed by atoms with Crippen molar-refractivity contribution in [1.82, 2.24) is 15.2 Å². The van der Waals surface area contributed by atoms with Gasteiger partial charge in [0, 0.05) is 43.5 Å². The number of pyridine rings is 1. The molecular weight excluding hydrogens is 422 g/mol. The second kappa shape index (κ2) is 10.4. The van der Waals surface area contributed by atoms with E-state index in [0.29, 0.717) is 22.2 Å². The summed E-state index contributed by atoms with van der Waals surface area (Å²) in [6.07, 6.45) is 3.06. The summed E-state index contributed by atoms with van der Waals surface area (Å²) in [6, 6.07) is 19.2. The van der Waals surface area contributed by atoms with E-state index >= 15 is 0 Å². The van der Waals surface area contributed by atoms with Gasteiger partial charge in [0.15, 0.2) is 0 Å². The van der Waals surface area contributed by atoms with Gasteiger partial charge in [-0.15, -0.1) is 0 Å². The summed E-state index contributed by atoms with van der Waals surface area (Å²) in [6.45, 7) is 3.57. The molecule has 0 bridgehead atoms. The van der Waals surface area contributed by atoms with E-state index in [9.17, 15) is 4.79 Å². The highest BCUT2D eigenvalue weighted by atomic mass is 35.5. The third kappa shape index (κ3) is 5.52. The second-order valence-corrected chi connectivity index (χ2v) is 8.19. The van der Waals surface area contributed by atoms with Gasteiger partial charge in [-0.3, -0.25) is 10.2 Å². The van der Waals surface area contributed by atoms with Gasteiger partial charge < -0.3 is 15.5 Å². The number of aromatic nitrogens is 1. The van der Waals surface area contributed by atoms with Crippen molar-refractivity contribution in [3.63, 3.8) is 0 Å². The summed E-state index contributed by atoms with van der Waals surface area (Å²) >= 11 is 5.86. The molecule has 2 aromatic carbocycles. The zero-order chi connectivity index (χ0) is 22.3. The first-order valence-electron chi connectivity index (χ1n) is 10.7. The summed E-state index contributed by atoms with van der Waals surface area (Å²) in [7, 11) is 0. The van der Waals surface area contributed by atoms with Crippen LogP contribution in [-0.4, -0.2) is 47.8 Å². The van der Waals surface area contributed by atoms with Gasteiger partial charge in [0.05, 0.1) is 5.02 Å². The van der Waals surface area contributed by atoms with Crippen LogP contribution in [0.4, 0.5) is 5.82 Å². The fraction of sp³-hybridized carbons (Fsp3) is 0.240. The largest absolute Gasteiger partial charge is 0.354 e. The Balaban J connectivity index is 1.39. The molecule has 32 heavy (non-hydrogen) atoms. The number of anilines is 1. The fourth-order valence-corrected chi connectivity index (χ4v) is 3.88. The second-order valence-electron chi connectivity index (χ2n) is 7.76. The van der Waals surface area contributed by atoms with Crippen LogP contribution in [0.1, 0.15) is 27.0 Å². The average molecular weight is 448 g/mol. The number of amidine groups is 1. The molecule has 1 aromatic heterocycles. The Kier molecular flexibility index (Phi) is 7.14. The molecule has 164 valence electrons. The number of carbonyl (C=O) groups excluding carboxylic acids is 1. The average Bonchev–Trinajstić information content (AvgIpc) is 2.85. The molecule has 0 unspecified atom stereocenters. The minimum atomic E-state index is -0.185. The molecule has 6 nitrogen and oxygen atoms in total. The molecule has 1 saturated heterocycles. The molecule has 0 aliphatic carbocycles. The molecule has 2 heterocycles. The van der Waals surface area contributed by atoms with Crippen molar-refractivity contribution in [2.45, 2.75) is 12.8 Å². The lowest BCUT2D eigenvalue weighted by Gasteiger charge is -2.29. The van der Waals surface area contributed by atoms with Crippen LogP contribution in [-0.2, 0) is 12.8 Å². The first kappa shape index (κ1) is 22.0. The molecule has 1 amide bonds. The lowest BCUT2D eigenvalue weighted by atomic mass is 9.98. The first-order chi connectivity index (χ1) is 15.6. The van der Waals surface area contributed by atoms with Crippen LogP contribution in [0.25, 0.3) is 0 Å². The summed E-state index contributed by atoms with van der Waals surface area (Å²) in [5, 5.41) is 15.1. The van der Waals surface area contributed by atoms with E-state index in [-0.39, 0.29) is 5.91 Å². The minimum absolute atomic E-state index is 0.185. The van der Waals surface area contributed by atoms with Crippen molar-refractivity contribution in [3.8, 4) is 0 Å². The molecule has 3 N–H and O–H groups in total. The van der Waals surface area contributed by atoms with E-state index in [1.165, 1.54) is 11.8 Å². The maximum atomic E-state index is 12.8. The van der Waals surface area contributed by atoms with Crippen molar-refractivity contribution in [1.29, 1.82) is 5.41 Å². The molecule has 0 saturated carbocycles. The van der Waals surface area contributed by atoms with E-state index < -0.39 is 0 Å². The number of halogens is 1. The maximum Gasteiger partial charge on any atom is 0.257 e. The Morgan fingerprint density at radius 1 is 1.03 bits per heavy atom. The fourth-order valence-electron chi connectivity index (χ4n) is 3.77. The highest BCUT2D eigenvalue weighted by molar-refractivity contribution is 6.30. The van der Waals surface area contributed by atoms with Gasteiger partial charge in [0.25, 0.3) is 5.91 Å². The number of benzene rings is 2. The van der Waals surface area contributed by atoms with Crippen molar-refractivity contribution < 1.29 is 4.79 Å². The Bertz CT molecular complexity index is 1080. The lowest BCUT2D eigenvalue weighted by Crippen LogP contribution is -2.46. The minimum Gasteiger partial charge on any atom is -0.354 e. The molecule has 1 aliphatic heterocycles. The lowest BCUT2D eigenvalue weighted by molar-refractivity contribution is 0.102. The number of piperazine rings is 1. The quantitative estimate of drug-likeness (QED) is 0.394. The molecule has 0 radical (unpaired) electrons. The van der Waals surface area contributed by atoms with Gasteiger partial charge >= 0.3 is 0 Å². The standard InChI is InChI=1S/C25H26ClN5O/c26-21-11-12-23(29-17-21)30-25(32)22-4-2-1-3-19(22)8-5-18-6-9-20(10-7-18)24(27)31-15-13-28-14-16-31/h1-4,6-7,9-12,17,27-28H,5,8,13-16H2,(H,29,30,32). The van der Waals surface area contributed by atoms with Gasteiger partial charge in [-0.05, 0) is 42.2 Å². The highest BCUT2D eigenvalue weighted by Crippen LogP contribution is 2.17. The van der Waals surface area contributed by atoms with Crippen LogP contribution < -0.4 is 10.6 Å². The number of nitrogens with zero attached hydrogens (tertiary/aromatic N) is 2. The van der Waals surface area contributed by atoms with Gasteiger partial charge in [0.1, 0.15) is 11.7 Å². The van der Waals surface area contributed by atoms with E-state index in [1.807, 2.05) is 36.4 Å². The Hall–Kier alpha value is -3.22. The van der Waals surface area contributed by atoms with Gasteiger partial charge in [-0.1, -0.05) is 54.1 Å². The van der Waals surface area contributed by atoms with Crippen LogP contribution in [0.5, 0.6) is 0 Å².